The van der Waals surface area contributed by atoms with Crippen molar-refractivity contribution < 1.29 is 64.6 Å². The molecule has 2 heterocycles. The molecule has 2 fully saturated rings. The van der Waals surface area contributed by atoms with Crippen LogP contribution in [-0.4, -0.2) is 140 Å². The van der Waals surface area contributed by atoms with Crippen LogP contribution in [0.15, 0.2) is 0 Å². The lowest BCUT2D eigenvalue weighted by Gasteiger charge is -2.46. The average molecular weight is 1050 g/mol. The van der Waals surface area contributed by atoms with Crippen molar-refractivity contribution >= 4 is 5.91 Å². The Labute approximate surface area is 444 Å². The summed E-state index contributed by atoms with van der Waals surface area (Å²) in [5.41, 5.74) is 0. The first-order valence-corrected chi connectivity index (χ1v) is 30.8. The number of unbranched alkanes of at least 4 members (excludes halogenated alkanes) is 37. The van der Waals surface area contributed by atoms with E-state index in [4.69, 9.17) is 18.9 Å². The standard InChI is InChI=1S/C59H115NO13/c1-3-5-7-9-11-13-15-17-19-21-22-23-24-25-27-29-31-33-35-37-39-41-43-51(64)60-47(48(63)42-40-38-36-34-32-30-28-26-20-18-16-14-12-10-8-6-4-2)46-70-58-56(69)54(67)57(50(45-62)72-58)73-59-55(68)53(66)52(65)49(44-61)71-59/h47-50,52-59,61-63,65-69H,3-46H2,1-2H3,(H,60,64)/t47-,48+,49+,50+,52-,53?,54?,55?,56?,57+,58+,59-/m0/s1. The Morgan fingerprint density at radius 1 is 0.438 bits per heavy atom. The van der Waals surface area contributed by atoms with Gasteiger partial charge in [-0.15, -0.1) is 0 Å². The van der Waals surface area contributed by atoms with Crippen molar-refractivity contribution in [2.24, 2.45) is 0 Å². The molecule has 0 bridgehead atoms. The molecule has 0 aromatic carbocycles. The molecule has 0 aliphatic carbocycles. The fourth-order valence-corrected chi connectivity index (χ4v) is 10.6. The summed E-state index contributed by atoms with van der Waals surface area (Å²) in [5.74, 6) is -0.199. The molecule has 2 saturated heterocycles. The smallest absolute Gasteiger partial charge is 0.220 e. The molecule has 2 aliphatic heterocycles. The molecule has 4 unspecified atom stereocenters. The Balaban J connectivity index is 1.73. The quantitative estimate of drug-likeness (QED) is 0.0259. The van der Waals surface area contributed by atoms with E-state index in [0.29, 0.717) is 12.8 Å². The third-order valence-electron chi connectivity index (χ3n) is 15.6. The van der Waals surface area contributed by atoms with Crippen LogP contribution < -0.4 is 5.32 Å². The first-order chi connectivity index (χ1) is 35.6. The highest BCUT2D eigenvalue weighted by Gasteiger charge is 2.51. The van der Waals surface area contributed by atoms with Crippen molar-refractivity contribution in [2.75, 3.05) is 19.8 Å². The Morgan fingerprint density at radius 3 is 1.16 bits per heavy atom. The van der Waals surface area contributed by atoms with E-state index in [1.807, 2.05) is 0 Å². The molecule has 0 saturated carbocycles. The van der Waals surface area contributed by atoms with Crippen LogP contribution >= 0.6 is 0 Å². The molecule has 0 aromatic heterocycles. The molecule has 0 aromatic rings. The molecule has 73 heavy (non-hydrogen) atoms. The maximum Gasteiger partial charge on any atom is 0.220 e. The van der Waals surface area contributed by atoms with Gasteiger partial charge in [0.1, 0.15) is 48.8 Å². The van der Waals surface area contributed by atoms with Gasteiger partial charge in [-0.3, -0.25) is 4.79 Å². The lowest BCUT2D eigenvalue weighted by molar-refractivity contribution is -0.359. The first kappa shape index (κ1) is 68.1. The minimum atomic E-state index is -1.78. The molecule has 0 radical (unpaired) electrons. The predicted molar refractivity (Wildman–Crippen MR) is 291 cm³/mol. The van der Waals surface area contributed by atoms with Gasteiger partial charge in [0.2, 0.25) is 5.91 Å². The van der Waals surface area contributed by atoms with E-state index in [9.17, 15) is 45.6 Å². The monoisotopic (exact) mass is 1050 g/mol. The molecule has 2 rings (SSSR count). The van der Waals surface area contributed by atoms with Crippen LogP contribution in [0.1, 0.15) is 277 Å². The van der Waals surface area contributed by atoms with Gasteiger partial charge in [0.25, 0.3) is 0 Å². The van der Waals surface area contributed by atoms with Gasteiger partial charge in [-0.05, 0) is 12.8 Å². The molecule has 14 heteroatoms. The molecule has 1 amide bonds. The molecule has 14 nitrogen and oxygen atoms in total. The zero-order chi connectivity index (χ0) is 53.2. The Hall–Kier alpha value is -1.01. The van der Waals surface area contributed by atoms with E-state index in [-0.39, 0.29) is 12.5 Å². The Morgan fingerprint density at radius 2 is 0.781 bits per heavy atom. The fraction of sp³-hybridized carbons (Fsp3) is 0.983. The highest BCUT2D eigenvalue weighted by Crippen LogP contribution is 2.30. The van der Waals surface area contributed by atoms with E-state index in [2.05, 4.69) is 19.2 Å². The molecule has 9 N–H and O–H groups in total. The maximum atomic E-state index is 13.3. The summed E-state index contributed by atoms with van der Waals surface area (Å²) in [6.45, 7) is 2.90. The normalized spacial score (nSPS) is 25.3. The van der Waals surface area contributed by atoms with Crippen LogP contribution in [0.2, 0.25) is 0 Å². The first-order valence-electron chi connectivity index (χ1n) is 30.8. The van der Waals surface area contributed by atoms with E-state index < -0.39 is 86.8 Å². The zero-order valence-electron chi connectivity index (χ0n) is 46.7. The van der Waals surface area contributed by atoms with E-state index in [0.717, 1.165) is 51.4 Å². The van der Waals surface area contributed by atoms with E-state index in [1.54, 1.807) is 0 Å². The number of aliphatic hydroxyl groups excluding tert-OH is 8. The van der Waals surface area contributed by atoms with Gasteiger partial charge in [0.05, 0.1) is 32.0 Å². The highest BCUT2D eigenvalue weighted by atomic mass is 16.7. The van der Waals surface area contributed by atoms with Crippen molar-refractivity contribution in [1.82, 2.24) is 5.32 Å². The second-order valence-electron chi connectivity index (χ2n) is 22.2. The van der Waals surface area contributed by atoms with Gasteiger partial charge in [0.15, 0.2) is 12.6 Å². The topological polar surface area (TPSA) is 228 Å². The number of carbonyl (C=O) groups excluding carboxylic acids is 1. The summed E-state index contributed by atoms with van der Waals surface area (Å²) in [6, 6.07) is -0.822. The molecular formula is C59H115NO13. The minimum Gasteiger partial charge on any atom is -0.394 e. The van der Waals surface area contributed by atoms with Gasteiger partial charge in [-0.25, -0.2) is 0 Å². The average Bonchev–Trinajstić information content (AvgIpc) is 3.39. The summed E-state index contributed by atoms with van der Waals surface area (Å²) in [7, 11) is 0. The Kier molecular flexibility index (Phi) is 42.9. The third-order valence-corrected chi connectivity index (χ3v) is 15.6. The number of aliphatic hydroxyl groups is 8. The van der Waals surface area contributed by atoms with Crippen molar-refractivity contribution in [3.8, 4) is 0 Å². The van der Waals surface area contributed by atoms with Crippen LogP contribution in [0.5, 0.6) is 0 Å². The molecule has 2 aliphatic rings. The van der Waals surface area contributed by atoms with Crippen molar-refractivity contribution in [1.29, 1.82) is 0 Å². The maximum absolute atomic E-state index is 13.3. The van der Waals surface area contributed by atoms with Crippen LogP contribution in [-0.2, 0) is 23.7 Å². The van der Waals surface area contributed by atoms with Gasteiger partial charge >= 0.3 is 0 Å². The minimum absolute atomic E-state index is 0.199. The van der Waals surface area contributed by atoms with Crippen molar-refractivity contribution in [2.45, 2.75) is 351 Å². The summed E-state index contributed by atoms with van der Waals surface area (Å²) in [6.07, 6.45) is 33.9. The second kappa shape index (κ2) is 46.0. The second-order valence-corrected chi connectivity index (χ2v) is 22.2. The summed E-state index contributed by atoms with van der Waals surface area (Å²) in [4.78, 5) is 13.3. The van der Waals surface area contributed by atoms with Crippen molar-refractivity contribution in [3.63, 3.8) is 0 Å². The van der Waals surface area contributed by atoms with Gasteiger partial charge in [0, 0.05) is 6.42 Å². The number of rotatable bonds is 50. The van der Waals surface area contributed by atoms with Crippen LogP contribution in [0, 0.1) is 0 Å². The molecule has 0 spiro atoms. The third kappa shape index (κ3) is 31.9. The molecular weight excluding hydrogens is 931 g/mol. The molecule has 12 atom stereocenters. The van der Waals surface area contributed by atoms with Crippen LogP contribution in [0.3, 0.4) is 0 Å². The zero-order valence-corrected chi connectivity index (χ0v) is 46.7. The largest absolute Gasteiger partial charge is 0.394 e. The van der Waals surface area contributed by atoms with Crippen LogP contribution in [0.25, 0.3) is 0 Å². The Bertz CT molecular complexity index is 1230. The summed E-state index contributed by atoms with van der Waals surface area (Å²) in [5, 5.41) is 87.3. The number of amides is 1. The lowest BCUT2D eigenvalue weighted by atomic mass is 9.97. The van der Waals surface area contributed by atoms with Gasteiger partial charge < -0.3 is 65.1 Å². The summed E-state index contributed by atoms with van der Waals surface area (Å²) < 4.78 is 22.9. The molecule has 434 valence electrons. The highest BCUT2D eigenvalue weighted by molar-refractivity contribution is 5.76. The van der Waals surface area contributed by atoms with Crippen molar-refractivity contribution in [3.05, 3.63) is 0 Å². The van der Waals surface area contributed by atoms with Gasteiger partial charge in [-0.1, -0.05) is 258 Å². The lowest BCUT2D eigenvalue weighted by Crippen LogP contribution is -2.65. The number of nitrogens with one attached hydrogen (secondary N) is 1. The van der Waals surface area contributed by atoms with Gasteiger partial charge in [-0.2, -0.15) is 0 Å². The van der Waals surface area contributed by atoms with E-state index in [1.165, 1.54) is 199 Å². The number of carbonyl (C=O) groups is 1. The fourth-order valence-electron chi connectivity index (χ4n) is 10.6. The van der Waals surface area contributed by atoms with Crippen LogP contribution in [0.4, 0.5) is 0 Å². The SMILES string of the molecule is CCCCCCCCCCCCCCCCCCCCCCCCC(=O)N[C@@H](CO[C@@H]1O[C@H](CO)[C@@H](O[C@@H]2O[C@H](CO)[C@H](O)C(O)C2O)C(O)C1O)[C@H](O)CCCCCCCCCCCCCCCCCCC. The number of ether oxygens (including phenoxy) is 4. The summed E-state index contributed by atoms with van der Waals surface area (Å²) >= 11 is 0. The number of hydrogen-bond acceptors (Lipinski definition) is 13. The van der Waals surface area contributed by atoms with E-state index >= 15 is 0 Å². The predicted octanol–water partition coefficient (Wildman–Crippen LogP) is 10.5. The number of hydrogen-bond donors (Lipinski definition) is 9.